The Morgan fingerprint density at radius 1 is 1.33 bits per heavy atom. The third-order valence-electron chi connectivity index (χ3n) is 7.45. The number of β-amino-alcohol motifs (C(OH)–C–C–N with tert-alkyl or cyclic N) is 1. The molecule has 186 valence electrons. The summed E-state index contributed by atoms with van der Waals surface area (Å²) in [5.41, 5.74) is 4.18. The van der Waals surface area contributed by atoms with E-state index in [4.69, 9.17) is 11.0 Å². The van der Waals surface area contributed by atoms with Gasteiger partial charge in [-0.2, -0.15) is 10.4 Å². The van der Waals surface area contributed by atoms with Gasteiger partial charge in [-0.25, -0.2) is 8.91 Å². The molecule has 0 aromatic carbocycles. The first kappa shape index (κ1) is 23.8. The summed E-state index contributed by atoms with van der Waals surface area (Å²) in [6, 6.07) is 8.75. The van der Waals surface area contributed by atoms with Gasteiger partial charge in [0, 0.05) is 24.5 Å². The first-order chi connectivity index (χ1) is 17.1. The lowest BCUT2D eigenvalue weighted by atomic mass is 9.39. The van der Waals surface area contributed by atoms with Crippen LogP contribution >= 0.6 is 0 Å². The number of aliphatic hydroxyl groups is 1. The fourth-order valence-corrected chi connectivity index (χ4v) is 5.40. The summed E-state index contributed by atoms with van der Waals surface area (Å²) < 4.78 is 17.6. The number of nitrogens with one attached hydrogen (secondary N) is 2. The molecule has 6 rings (SSSR count). The number of alkyl halides is 1. The molecule has 3 fully saturated rings. The highest BCUT2D eigenvalue weighted by Gasteiger charge is 2.71. The van der Waals surface area contributed by atoms with Crippen LogP contribution in [0.15, 0.2) is 48.9 Å². The van der Waals surface area contributed by atoms with Crippen LogP contribution in [-0.2, 0) is 4.79 Å². The van der Waals surface area contributed by atoms with Crippen molar-refractivity contribution in [3.63, 3.8) is 0 Å². The second-order valence-corrected chi connectivity index (χ2v) is 10.2. The number of carbonyl (C=O) groups is 2. The second-order valence-electron chi connectivity index (χ2n) is 10.2. The average Bonchev–Trinajstić information content (AvgIpc) is 3.23. The smallest absolute Gasteiger partial charge is 0.253 e. The van der Waals surface area contributed by atoms with Gasteiger partial charge in [-0.15, -0.1) is 0 Å². The lowest BCUT2D eigenvalue weighted by molar-refractivity contribution is -0.181. The number of amides is 2. The number of carbonyl (C=O) groups excluding carboxylic acids is 2. The van der Waals surface area contributed by atoms with E-state index in [1.54, 1.807) is 30.3 Å². The summed E-state index contributed by atoms with van der Waals surface area (Å²) in [5, 5.41) is 30.5. The van der Waals surface area contributed by atoms with Crippen LogP contribution in [0, 0.1) is 16.7 Å². The van der Waals surface area contributed by atoms with Crippen molar-refractivity contribution in [3.8, 4) is 6.07 Å². The predicted molar refractivity (Wildman–Crippen MR) is 126 cm³/mol. The minimum Gasteiger partial charge on any atom is -0.386 e. The van der Waals surface area contributed by atoms with Crippen molar-refractivity contribution in [1.29, 1.82) is 5.26 Å². The standard InChI is InChI=1S/C25H26FN7O3/c1-23(36,14-30-25-11-24(12-25,13-25)22(28)35)20(26)19(32-21(34)16-3-2-6-29-10-16)18-5-4-17-7-15(8-27)9-31-33(17)18/h2-7,9-10,19-20,30,36H,11-14H2,1H3,(H2,28,35)(H,32,34)/t19-,20-,23-,24?,25?/m1/s1. The van der Waals surface area contributed by atoms with Gasteiger partial charge < -0.3 is 21.5 Å². The van der Waals surface area contributed by atoms with E-state index in [1.807, 2.05) is 6.07 Å². The van der Waals surface area contributed by atoms with E-state index in [1.165, 1.54) is 30.0 Å². The quantitative estimate of drug-likeness (QED) is 0.350. The summed E-state index contributed by atoms with van der Waals surface area (Å²) >= 11 is 0. The topological polar surface area (TPSA) is 158 Å². The Labute approximate surface area is 206 Å². The van der Waals surface area contributed by atoms with Gasteiger partial charge in [0.15, 0.2) is 6.17 Å². The van der Waals surface area contributed by atoms with Gasteiger partial charge in [-0.1, -0.05) is 0 Å². The number of fused-ring (bicyclic) bond motifs is 1. The van der Waals surface area contributed by atoms with Crippen LogP contribution in [0.3, 0.4) is 0 Å². The maximum absolute atomic E-state index is 16.2. The zero-order valence-corrected chi connectivity index (χ0v) is 19.6. The molecule has 11 heteroatoms. The molecular formula is C25H26FN7O3. The van der Waals surface area contributed by atoms with Crippen molar-refractivity contribution in [1.82, 2.24) is 25.2 Å². The lowest BCUT2D eigenvalue weighted by Crippen LogP contribution is -2.78. The Morgan fingerprint density at radius 3 is 2.72 bits per heavy atom. The number of halogens is 1. The molecule has 0 unspecified atom stereocenters. The van der Waals surface area contributed by atoms with Crippen LogP contribution in [0.4, 0.5) is 4.39 Å². The van der Waals surface area contributed by atoms with Crippen LogP contribution in [-0.4, -0.2) is 55.4 Å². The van der Waals surface area contributed by atoms with E-state index in [-0.39, 0.29) is 23.6 Å². The van der Waals surface area contributed by atoms with Crippen LogP contribution in [0.1, 0.15) is 53.8 Å². The molecule has 2 amide bonds. The highest BCUT2D eigenvalue weighted by atomic mass is 19.1. The molecule has 3 atom stereocenters. The van der Waals surface area contributed by atoms with Crippen molar-refractivity contribution in [2.75, 3.05) is 6.54 Å². The molecular weight excluding hydrogens is 465 g/mol. The highest BCUT2D eigenvalue weighted by molar-refractivity contribution is 5.94. The summed E-state index contributed by atoms with van der Waals surface area (Å²) in [6.07, 6.45) is 3.99. The number of nitriles is 1. The second kappa shape index (κ2) is 8.36. The molecule has 3 aliphatic rings. The van der Waals surface area contributed by atoms with E-state index in [2.05, 4.69) is 20.7 Å². The molecule has 0 spiro atoms. The molecule has 3 aromatic heterocycles. The van der Waals surface area contributed by atoms with E-state index in [0.29, 0.717) is 36.0 Å². The summed E-state index contributed by atoms with van der Waals surface area (Å²) in [5.74, 6) is -0.891. The van der Waals surface area contributed by atoms with Gasteiger partial charge in [0.1, 0.15) is 17.7 Å². The Bertz CT molecular complexity index is 1360. The zero-order valence-electron chi connectivity index (χ0n) is 19.6. The number of hydrogen-bond donors (Lipinski definition) is 4. The zero-order chi connectivity index (χ0) is 25.7. The number of aromatic nitrogens is 3. The molecule has 10 nitrogen and oxygen atoms in total. The third-order valence-corrected chi connectivity index (χ3v) is 7.45. The fraction of sp³-hybridized carbons (Fsp3) is 0.400. The van der Waals surface area contributed by atoms with E-state index >= 15 is 4.39 Å². The first-order valence-corrected chi connectivity index (χ1v) is 11.6. The summed E-state index contributed by atoms with van der Waals surface area (Å²) in [7, 11) is 0. The lowest BCUT2D eigenvalue weighted by Gasteiger charge is -2.69. The molecule has 5 N–H and O–H groups in total. The third kappa shape index (κ3) is 3.88. The van der Waals surface area contributed by atoms with E-state index < -0.39 is 29.1 Å². The van der Waals surface area contributed by atoms with Gasteiger partial charge in [-0.3, -0.25) is 14.6 Å². The molecule has 0 aliphatic heterocycles. The minimum atomic E-state index is -1.95. The van der Waals surface area contributed by atoms with Gasteiger partial charge in [0.25, 0.3) is 5.91 Å². The number of nitrogens with two attached hydrogens (primary N) is 1. The van der Waals surface area contributed by atoms with Crippen LogP contribution in [0.2, 0.25) is 0 Å². The molecule has 2 bridgehead atoms. The van der Waals surface area contributed by atoms with Gasteiger partial charge >= 0.3 is 0 Å². The van der Waals surface area contributed by atoms with E-state index in [0.717, 1.165) is 0 Å². The predicted octanol–water partition coefficient (Wildman–Crippen LogP) is 1.16. The highest BCUT2D eigenvalue weighted by Crippen LogP contribution is 2.67. The normalized spacial score (nSPS) is 25.5. The monoisotopic (exact) mass is 491 g/mol. The van der Waals surface area contributed by atoms with Crippen molar-refractivity contribution < 1.29 is 19.1 Å². The Hall–Kier alpha value is -3.88. The average molecular weight is 492 g/mol. The van der Waals surface area contributed by atoms with Crippen molar-refractivity contribution >= 4 is 17.3 Å². The van der Waals surface area contributed by atoms with Gasteiger partial charge in [0.05, 0.1) is 33.9 Å². The molecule has 3 aromatic rings. The molecule has 3 heterocycles. The number of rotatable bonds is 9. The van der Waals surface area contributed by atoms with Crippen molar-refractivity contribution in [3.05, 3.63) is 65.7 Å². The van der Waals surface area contributed by atoms with Crippen LogP contribution < -0.4 is 16.4 Å². The van der Waals surface area contributed by atoms with Crippen LogP contribution in [0.25, 0.3) is 5.52 Å². The van der Waals surface area contributed by atoms with Crippen LogP contribution in [0.5, 0.6) is 0 Å². The molecule has 36 heavy (non-hydrogen) atoms. The first-order valence-electron chi connectivity index (χ1n) is 11.6. The van der Waals surface area contributed by atoms with Gasteiger partial charge in [0.2, 0.25) is 5.91 Å². The van der Waals surface area contributed by atoms with E-state index in [9.17, 15) is 14.7 Å². The maximum Gasteiger partial charge on any atom is 0.253 e. The molecule has 0 saturated heterocycles. The maximum atomic E-state index is 16.2. The minimum absolute atomic E-state index is 0.0996. The number of hydrogen-bond acceptors (Lipinski definition) is 7. The van der Waals surface area contributed by atoms with Crippen molar-refractivity contribution in [2.45, 2.75) is 49.5 Å². The molecule has 0 radical (unpaired) electrons. The van der Waals surface area contributed by atoms with Crippen molar-refractivity contribution in [2.24, 2.45) is 11.1 Å². The fourth-order valence-electron chi connectivity index (χ4n) is 5.40. The summed E-state index contributed by atoms with van der Waals surface area (Å²) in [6.45, 7) is 1.26. The molecule has 3 aliphatic carbocycles. The summed E-state index contributed by atoms with van der Waals surface area (Å²) in [4.78, 5) is 28.5. The van der Waals surface area contributed by atoms with Gasteiger partial charge in [-0.05, 0) is 56.5 Å². The Balaban J connectivity index is 1.40. The Morgan fingerprint density at radius 2 is 2.08 bits per heavy atom. The molecule has 3 saturated carbocycles. The number of nitrogens with zero attached hydrogens (tertiary/aromatic N) is 4. The number of pyridine rings is 1. The SMILES string of the molecule is C[C@@](O)(CNC12CC(C(N)=O)(C1)C2)[C@H](F)[C@H](NC(=O)c1cccnc1)c1ccc2cc(C#N)cnn12. The number of primary amides is 1. The Kier molecular flexibility index (Phi) is 5.54. The largest absolute Gasteiger partial charge is 0.386 e.